The number of nitrogen functional groups attached to an aromatic ring is 1. The first kappa shape index (κ1) is 19.1. The van der Waals surface area contributed by atoms with Crippen LogP contribution in [0, 0.1) is 0 Å². The van der Waals surface area contributed by atoms with Gasteiger partial charge in [-0.15, -0.1) is 0 Å². The highest BCUT2D eigenvalue weighted by Gasteiger charge is 2.71. The van der Waals surface area contributed by atoms with Gasteiger partial charge in [0.1, 0.15) is 0 Å². The Hall–Kier alpha value is -2.68. The third kappa shape index (κ3) is 3.23. The maximum atomic E-state index is 12.9. The van der Waals surface area contributed by atoms with Crippen molar-refractivity contribution in [3.63, 3.8) is 0 Å². The average molecular weight is 388 g/mol. The summed E-state index contributed by atoms with van der Waals surface area (Å²) in [5.74, 6) is 0. The third-order valence-corrected chi connectivity index (χ3v) is 4.34. The second-order valence-electron chi connectivity index (χ2n) is 6.16. The van der Waals surface area contributed by atoms with E-state index in [0.29, 0.717) is 23.4 Å². The molecule has 0 fully saturated rings. The van der Waals surface area contributed by atoms with Gasteiger partial charge in [-0.1, -0.05) is 24.3 Å². The zero-order valence-electron chi connectivity index (χ0n) is 13.6. The van der Waals surface area contributed by atoms with Crippen LogP contribution in [-0.4, -0.2) is 22.0 Å². The van der Waals surface area contributed by atoms with E-state index in [4.69, 9.17) is 5.73 Å². The Labute approximate surface area is 149 Å². The van der Waals surface area contributed by atoms with Gasteiger partial charge in [0.25, 0.3) is 5.60 Å². The zero-order chi connectivity index (χ0) is 20.0. The van der Waals surface area contributed by atoms with E-state index < -0.39 is 23.5 Å². The summed E-state index contributed by atoms with van der Waals surface area (Å²) < 4.78 is 79.3. The van der Waals surface area contributed by atoms with Crippen molar-refractivity contribution in [2.24, 2.45) is 0 Å². The molecule has 0 bridgehead atoms. The highest BCUT2D eigenvalue weighted by Crippen LogP contribution is 2.49. The number of halogens is 6. The van der Waals surface area contributed by atoms with Crippen molar-refractivity contribution >= 4 is 16.6 Å². The number of aliphatic hydroxyl groups is 1. The van der Waals surface area contributed by atoms with Crippen LogP contribution in [0.25, 0.3) is 10.9 Å². The van der Waals surface area contributed by atoms with Crippen LogP contribution in [0.1, 0.15) is 11.1 Å². The molecule has 1 heterocycles. The molecule has 27 heavy (non-hydrogen) atoms. The van der Waals surface area contributed by atoms with E-state index in [9.17, 15) is 31.4 Å². The van der Waals surface area contributed by atoms with Crippen molar-refractivity contribution in [3.8, 4) is 0 Å². The Bertz CT molecular complexity index is 943. The Balaban J connectivity index is 1.93. The van der Waals surface area contributed by atoms with Crippen LogP contribution in [0.4, 0.5) is 32.0 Å². The van der Waals surface area contributed by atoms with Crippen molar-refractivity contribution in [2.75, 3.05) is 5.73 Å². The summed E-state index contributed by atoms with van der Waals surface area (Å²) >= 11 is 0. The highest BCUT2D eigenvalue weighted by molar-refractivity contribution is 5.83. The van der Waals surface area contributed by atoms with Gasteiger partial charge in [-0.3, -0.25) is 0 Å². The normalized spacial score (nSPS) is 13.3. The summed E-state index contributed by atoms with van der Waals surface area (Å²) in [4.78, 5) is 0. The Kier molecular flexibility index (Phi) is 4.38. The minimum Gasteiger partial charge on any atom is -0.399 e. The van der Waals surface area contributed by atoms with E-state index in [1.54, 1.807) is 35.0 Å². The molecule has 2 aromatic carbocycles. The second-order valence-corrected chi connectivity index (χ2v) is 6.16. The van der Waals surface area contributed by atoms with E-state index in [-0.39, 0.29) is 6.54 Å². The molecule has 0 amide bonds. The molecule has 144 valence electrons. The topological polar surface area (TPSA) is 51.2 Å². The minimum absolute atomic E-state index is 0.226. The number of benzene rings is 2. The van der Waals surface area contributed by atoms with E-state index in [0.717, 1.165) is 23.0 Å². The third-order valence-electron chi connectivity index (χ3n) is 4.34. The number of alkyl halides is 6. The number of anilines is 1. The van der Waals surface area contributed by atoms with Crippen molar-refractivity contribution < 1.29 is 31.4 Å². The van der Waals surface area contributed by atoms with Crippen molar-refractivity contribution in [3.05, 3.63) is 65.9 Å². The first-order valence-corrected chi connectivity index (χ1v) is 7.73. The minimum atomic E-state index is -5.90. The first-order valence-electron chi connectivity index (χ1n) is 7.73. The summed E-state index contributed by atoms with van der Waals surface area (Å²) in [5, 5.41) is 10.3. The van der Waals surface area contributed by atoms with Crippen molar-refractivity contribution in [2.45, 2.75) is 24.5 Å². The molecule has 1 aromatic heterocycles. The van der Waals surface area contributed by atoms with Gasteiger partial charge in [0.05, 0.1) is 0 Å². The van der Waals surface area contributed by atoms with Gasteiger partial charge in [-0.2, -0.15) is 26.3 Å². The van der Waals surface area contributed by atoms with Gasteiger partial charge in [0.15, 0.2) is 0 Å². The van der Waals surface area contributed by atoms with Gasteiger partial charge in [-0.05, 0) is 29.8 Å². The van der Waals surface area contributed by atoms with Crippen LogP contribution in [0.15, 0.2) is 54.7 Å². The van der Waals surface area contributed by atoms with Crippen LogP contribution >= 0.6 is 0 Å². The molecule has 0 radical (unpaired) electrons. The molecule has 0 saturated carbocycles. The molecular weight excluding hydrogens is 374 g/mol. The predicted molar refractivity (Wildman–Crippen MR) is 87.9 cm³/mol. The first-order chi connectivity index (χ1) is 12.4. The second kappa shape index (κ2) is 6.19. The predicted octanol–water partition coefficient (Wildman–Crippen LogP) is 4.58. The lowest BCUT2D eigenvalue weighted by Crippen LogP contribution is -2.53. The summed E-state index contributed by atoms with van der Waals surface area (Å²) in [6, 6.07) is 10.5. The maximum absolute atomic E-state index is 12.9. The number of nitrogens with two attached hydrogens (primary N) is 1. The monoisotopic (exact) mass is 388 g/mol. The molecule has 3 aromatic rings. The molecule has 0 aliphatic rings. The molecule has 0 aliphatic heterocycles. The van der Waals surface area contributed by atoms with E-state index >= 15 is 0 Å². The quantitative estimate of drug-likeness (QED) is 0.510. The number of aromatic nitrogens is 1. The lowest BCUT2D eigenvalue weighted by Gasteiger charge is -2.32. The molecule has 0 unspecified atom stereocenters. The molecule has 0 saturated heterocycles. The number of hydrogen-bond donors (Lipinski definition) is 2. The van der Waals surface area contributed by atoms with Crippen LogP contribution in [0.5, 0.6) is 0 Å². The Morgan fingerprint density at radius 3 is 2.00 bits per heavy atom. The van der Waals surface area contributed by atoms with Gasteiger partial charge < -0.3 is 15.4 Å². The van der Waals surface area contributed by atoms with Gasteiger partial charge in [-0.25, -0.2) is 0 Å². The van der Waals surface area contributed by atoms with Crippen molar-refractivity contribution in [1.29, 1.82) is 0 Å². The van der Waals surface area contributed by atoms with Crippen molar-refractivity contribution in [1.82, 2.24) is 4.57 Å². The molecule has 0 atom stereocenters. The Morgan fingerprint density at radius 2 is 1.44 bits per heavy atom. The molecule has 0 aliphatic carbocycles. The van der Waals surface area contributed by atoms with Crippen LogP contribution < -0.4 is 5.73 Å². The molecule has 3 nitrogen and oxygen atoms in total. The van der Waals surface area contributed by atoms with Crippen LogP contribution in [0.2, 0.25) is 0 Å². The molecule has 3 rings (SSSR count). The molecule has 9 heteroatoms. The number of nitrogens with zero attached hydrogens (tertiary/aromatic N) is 1. The SMILES string of the molecule is Nc1ccc2c(ccn2Cc2ccc(C(O)(C(F)(F)F)C(F)(F)F)cc2)c1. The summed E-state index contributed by atoms with van der Waals surface area (Å²) in [6.45, 7) is 0.226. The summed E-state index contributed by atoms with van der Waals surface area (Å²) in [6.07, 6.45) is -10.1. The van der Waals surface area contributed by atoms with E-state index in [1.807, 2.05) is 0 Å². The lowest BCUT2D eigenvalue weighted by molar-refractivity contribution is -0.376. The summed E-state index contributed by atoms with van der Waals surface area (Å²) in [5.41, 5.74) is 1.35. The fourth-order valence-corrected chi connectivity index (χ4v) is 2.89. The standard InChI is InChI=1S/C18H14F6N2O/c19-17(20,21)16(27,18(22,23)24)13-3-1-11(2-4-13)10-26-8-7-12-9-14(25)5-6-15(12)26/h1-9,27H,10,25H2. The van der Waals surface area contributed by atoms with Gasteiger partial charge in [0, 0.05) is 34.9 Å². The van der Waals surface area contributed by atoms with Gasteiger partial charge in [0.2, 0.25) is 0 Å². The van der Waals surface area contributed by atoms with Crippen LogP contribution in [-0.2, 0) is 12.1 Å². The smallest absolute Gasteiger partial charge is 0.399 e. The average Bonchev–Trinajstić information content (AvgIpc) is 2.94. The maximum Gasteiger partial charge on any atom is 0.430 e. The fraction of sp³-hybridized carbons (Fsp3) is 0.222. The largest absolute Gasteiger partial charge is 0.430 e. The molecule has 0 spiro atoms. The summed E-state index contributed by atoms with van der Waals surface area (Å²) in [7, 11) is 0. The molecule has 3 N–H and O–H groups in total. The van der Waals surface area contributed by atoms with Crippen LogP contribution in [0.3, 0.4) is 0 Å². The molecular formula is C18H14F6N2O. The van der Waals surface area contributed by atoms with E-state index in [1.165, 1.54) is 0 Å². The van der Waals surface area contributed by atoms with E-state index in [2.05, 4.69) is 0 Å². The zero-order valence-corrected chi connectivity index (χ0v) is 13.6. The van der Waals surface area contributed by atoms with Gasteiger partial charge >= 0.3 is 12.4 Å². The highest BCUT2D eigenvalue weighted by atomic mass is 19.4. The number of fused-ring (bicyclic) bond motifs is 1. The fourth-order valence-electron chi connectivity index (χ4n) is 2.89. The lowest BCUT2D eigenvalue weighted by atomic mass is 9.91. The Morgan fingerprint density at radius 1 is 0.852 bits per heavy atom. The number of rotatable bonds is 3. The number of hydrogen-bond acceptors (Lipinski definition) is 2.